The topological polar surface area (TPSA) is 62.5 Å². The van der Waals surface area contributed by atoms with E-state index in [1.54, 1.807) is 33.9 Å². The normalized spacial score (nSPS) is 10.7. The molecule has 1 aromatic heterocycles. The molecule has 0 aliphatic rings. The van der Waals surface area contributed by atoms with E-state index < -0.39 is 5.97 Å². The minimum atomic E-state index is -0.955. The molecule has 0 aliphatic carbocycles. The molecule has 0 bridgehead atoms. The number of carboxylic acid groups (broad SMARTS) is 1. The van der Waals surface area contributed by atoms with Crippen LogP contribution in [0.3, 0.4) is 0 Å². The second-order valence-corrected chi connectivity index (χ2v) is 4.55. The summed E-state index contributed by atoms with van der Waals surface area (Å²) in [5, 5.41) is 9.81. The summed E-state index contributed by atoms with van der Waals surface area (Å²) in [6.45, 7) is 5.47. The van der Waals surface area contributed by atoms with Crippen LogP contribution in [0.15, 0.2) is 30.5 Å². The van der Waals surface area contributed by atoms with Gasteiger partial charge >= 0.3 is 5.97 Å². The molecule has 5 heteroatoms. The van der Waals surface area contributed by atoms with Gasteiger partial charge in [0.1, 0.15) is 6.54 Å². The number of likely N-dealkylation sites (N-methyl/N-ethyl adjacent to an activating group) is 1. The molecule has 20 heavy (non-hydrogen) atoms. The number of amides is 1. The van der Waals surface area contributed by atoms with Crippen molar-refractivity contribution in [2.45, 2.75) is 20.4 Å². The maximum absolute atomic E-state index is 12.1. The van der Waals surface area contributed by atoms with E-state index in [2.05, 4.69) is 0 Å². The smallest absolute Gasteiger partial charge is 0.336 e. The van der Waals surface area contributed by atoms with E-state index in [9.17, 15) is 9.59 Å². The van der Waals surface area contributed by atoms with Crippen LogP contribution in [0.5, 0.6) is 0 Å². The molecule has 0 unspecified atom stereocenters. The van der Waals surface area contributed by atoms with Crippen molar-refractivity contribution in [1.82, 2.24) is 9.47 Å². The molecule has 0 radical (unpaired) electrons. The lowest BCUT2D eigenvalue weighted by atomic mass is 10.1. The van der Waals surface area contributed by atoms with Crippen LogP contribution < -0.4 is 0 Å². The first-order valence-electron chi connectivity index (χ1n) is 6.67. The molecule has 1 heterocycles. The van der Waals surface area contributed by atoms with Gasteiger partial charge in [0.25, 0.3) is 0 Å². The highest BCUT2D eigenvalue weighted by atomic mass is 16.4. The molecule has 0 atom stereocenters. The maximum Gasteiger partial charge on any atom is 0.336 e. The summed E-state index contributed by atoms with van der Waals surface area (Å²) in [6.07, 6.45) is 1.76. The van der Waals surface area contributed by atoms with Gasteiger partial charge in [-0.1, -0.05) is 6.07 Å². The van der Waals surface area contributed by atoms with E-state index in [0.717, 1.165) is 5.52 Å². The van der Waals surface area contributed by atoms with Crippen LogP contribution >= 0.6 is 0 Å². The van der Waals surface area contributed by atoms with Gasteiger partial charge in [-0.3, -0.25) is 4.79 Å². The minimum Gasteiger partial charge on any atom is -0.478 e. The molecule has 2 rings (SSSR count). The lowest BCUT2D eigenvalue weighted by Gasteiger charge is -2.19. The Morgan fingerprint density at radius 3 is 2.50 bits per heavy atom. The SMILES string of the molecule is CCN(CC)C(=O)Cn1ccc2c(C(=O)O)cccc21. The molecule has 0 fully saturated rings. The molecule has 1 amide bonds. The zero-order valence-corrected chi connectivity index (χ0v) is 11.7. The largest absolute Gasteiger partial charge is 0.478 e. The molecule has 0 spiro atoms. The van der Waals surface area contributed by atoms with Gasteiger partial charge in [-0.05, 0) is 32.0 Å². The number of aromatic carboxylic acids is 1. The monoisotopic (exact) mass is 274 g/mol. The summed E-state index contributed by atoms with van der Waals surface area (Å²) < 4.78 is 1.79. The summed E-state index contributed by atoms with van der Waals surface area (Å²) >= 11 is 0. The number of carbonyl (C=O) groups is 2. The van der Waals surface area contributed by atoms with Gasteiger partial charge in [0, 0.05) is 30.2 Å². The van der Waals surface area contributed by atoms with Gasteiger partial charge in [-0.15, -0.1) is 0 Å². The Labute approximate surface area is 117 Å². The van der Waals surface area contributed by atoms with Gasteiger partial charge in [0.2, 0.25) is 5.91 Å². The van der Waals surface area contributed by atoms with Crippen LogP contribution in [0.1, 0.15) is 24.2 Å². The average molecular weight is 274 g/mol. The Morgan fingerprint density at radius 2 is 1.90 bits per heavy atom. The Bertz CT molecular complexity index is 642. The molecular weight excluding hydrogens is 256 g/mol. The highest BCUT2D eigenvalue weighted by Gasteiger charge is 2.14. The lowest BCUT2D eigenvalue weighted by molar-refractivity contribution is -0.131. The van der Waals surface area contributed by atoms with Gasteiger partial charge in [-0.2, -0.15) is 0 Å². The van der Waals surface area contributed by atoms with Gasteiger partial charge in [-0.25, -0.2) is 4.79 Å². The van der Waals surface area contributed by atoms with Crippen LogP contribution in [0.4, 0.5) is 0 Å². The molecule has 0 saturated heterocycles. The second-order valence-electron chi connectivity index (χ2n) is 4.55. The number of fused-ring (bicyclic) bond motifs is 1. The summed E-state index contributed by atoms with van der Waals surface area (Å²) in [6, 6.07) is 6.84. The number of benzene rings is 1. The first-order chi connectivity index (χ1) is 9.58. The van der Waals surface area contributed by atoms with Gasteiger partial charge in [0.05, 0.1) is 5.56 Å². The number of carbonyl (C=O) groups excluding carboxylic acids is 1. The van der Waals surface area contributed by atoms with E-state index in [1.807, 2.05) is 19.9 Å². The van der Waals surface area contributed by atoms with Crippen molar-refractivity contribution in [2.24, 2.45) is 0 Å². The summed E-state index contributed by atoms with van der Waals surface area (Å²) in [5.41, 5.74) is 1.03. The summed E-state index contributed by atoms with van der Waals surface area (Å²) in [5.74, 6) is -0.920. The zero-order valence-electron chi connectivity index (χ0n) is 11.7. The lowest BCUT2D eigenvalue weighted by Crippen LogP contribution is -2.33. The number of carboxylic acids is 1. The van der Waals surface area contributed by atoms with Crippen molar-refractivity contribution in [2.75, 3.05) is 13.1 Å². The van der Waals surface area contributed by atoms with E-state index in [-0.39, 0.29) is 18.0 Å². The van der Waals surface area contributed by atoms with Crippen LogP contribution in [-0.4, -0.2) is 39.5 Å². The van der Waals surface area contributed by atoms with E-state index in [0.29, 0.717) is 18.5 Å². The zero-order chi connectivity index (χ0) is 14.7. The van der Waals surface area contributed by atoms with E-state index in [1.165, 1.54) is 0 Å². The molecule has 1 aromatic carbocycles. The molecule has 106 valence electrons. The Hall–Kier alpha value is -2.30. The molecule has 5 nitrogen and oxygen atoms in total. The molecule has 1 N–H and O–H groups in total. The third-order valence-electron chi connectivity index (χ3n) is 3.47. The summed E-state index contributed by atoms with van der Waals surface area (Å²) in [4.78, 5) is 25.0. The maximum atomic E-state index is 12.1. The number of nitrogens with zero attached hydrogens (tertiary/aromatic N) is 2. The fourth-order valence-electron chi connectivity index (χ4n) is 2.37. The Morgan fingerprint density at radius 1 is 1.20 bits per heavy atom. The number of rotatable bonds is 5. The first-order valence-corrected chi connectivity index (χ1v) is 6.67. The highest BCUT2D eigenvalue weighted by Crippen LogP contribution is 2.20. The van der Waals surface area contributed by atoms with Crippen LogP contribution in [0, 0.1) is 0 Å². The van der Waals surface area contributed by atoms with Gasteiger partial charge in [0.15, 0.2) is 0 Å². The van der Waals surface area contributed by atoms with Crippen molar-refractivity contribution in [3.63, 3.8) is 0 Å². The van der Waals surface area contributed by atoms with Crippen LogP contribution in [-0.2, 0) is 11.3 Å². The minimum absolute atomic E-state index is 0.0354. The molecule has 0 aliphatic heterocycles. The predicted molar refractivity (Wildman–Crippen MR) is 76.8 cm³/mol. The van der Waals surface area contributed by atoms with E-state index in [4.69, 9.17) is 5.11 Å². The molecule has 2 aromatic rings. The number of hydrogen-bond acceptors (Lipinski definition) is 2. The van der Waals surface area contributed by atoms with Gasteiger partial charge < -0.3 is 14.6 Å². The highest BCUT2D eigenvalue weighted by molar-refractivity contribution is 6.03. The van der Waals surface area contributed by atoms with Crippen molar-refractivity contribution >= 4 is 22.8 Å². The number of aromatic nitrogens is 1. The van der Waals surface area contributed by atoms with Crippen molar-refractivity contribution in [3.05, 3.63) is 36.0 Å². The van der Waals surface area contributed by atoms with E-state index >= 15 is 0 Å². The molecular formula is C15H18N2O3. The standard InChI is InChI=1S/C15H18N2O3/c1-3-16(4-2)14(18)10-17-9-8-11-12(15(19)20)6-5-7-13(11)17/h5-9H,3-4,10H2,1-2H3,(H,19,20). The molecule has 0 saturated carbocycles. The quantitative estimate of drug-likeness (QED) is 0.909. The number of hydrogen-bond donors (Lipinski definition) is 1. The summed E-state index contributed by atoms with van der Waals surface area (Å²) in [7, 11) is 0. The van der Waals surface area contributed by atoms with Crippen LogP contribution in [0.2, 0.25) is 0 Å². The predicted octanol–water partition coefficient (Wildman–Crippen LogP) is 2.21. The first kappa shape index (κ1) is 14.1. The Kier molecular flexibility index (Phi) is 4.08. The average Bonchev–Trinajstić information content (AvgIpc) is 2.83. The van der Waals surface area contributed by atoms with Crippen molar-refractivity contribution < 1.29 is 14.7 Å². The van der Waals surface area contributed by atoms with Crippen molar-refractivity contribution in [1.29, 1.82) is 0 Å². The second kappa shape index (κ2) is 5.77. The fraction of sp³-hybridized carbons (Fsp3) is 0.333. The third-order valence-corrected chi connectivity index (χ3v) is 3.47. The van der Waals surface area contributed by atoms with Crippen molar-refractivity contribution in [3.8, 4) is 0 Å². The van der Waals surface area contributed by atoms with Crippen LogP contribution in [0.25, 0.3) is 10.9 Å². The fourth-order valence-corrected chi connectivity index (χ4v) is 2.37. The Balaban J connectivity index is 2.35. The third kappa shape index (κ3) is 2.52.